The van der Waals surface area contributed by atoms with E-state index in [0.29, 0.717) is 6.04 Å². The van der Waals surface area contributed by atoms with Crippen molar-refractivity contribution in [2.75, 3.05) is 29.4 Å². The number of anilines is 2. The summed E-state index contributed by atoms with van der Waals surface area (Å²) in [5.41, 5.74) is 1.12. The zero-order valence-corrected chi connectivity index (χ0v) is 13.6. The first-order valence-electron chi connectivity index (χ1n) is 8.17. The lowest BCUT2D eigenvalue weighted by Crippen LogP contribution is -2.35. The van der Waals surface area contributed by atoms with Crippen LogP contribution in [0.5, 0.6) is 0 Å². The highest BCUT2D eigenvalue weighted by Crippen LogP contribution is 2.39. The first kappa shape index (κ1) is 13.3. The van der Waals surface area contributed by atoms with E-state index in [2.05, 4.69) is 51.2 Å². The number of pyridine rings is 1. The second-order valence-electron chi connectivity index (χ2n) is 6.37. The van der Waals surface area contributed by atoms with Crippen LogP contribution in [0.15, 0.2) is 48.7 Å². The van der Waals surface area contributed by atoms with Crippen molar-refractivity contribution in [3.8, 4) is 0 Å². The van der Waals surface area contributed by atoms with Crippen molar-refractivity contribution in [3.05, 3.63) is 48.7 Å². The maximum absolute atomic E-state index is 4.86. The molecular formula is C18H18N4S. The van der Waals surface area contributed by atoms with E-state index in [0.717, 1.165) is 36.9 Å². The minimum Gasteiger partial charge on any atom is -0.354 e. The molecule has 0 spiro atoms. The Morgan fingerprint density at radius 2 is 1.96 bits per heavy atom. The number of hydrogen-bond donors (Lipinski definition) is 0. The summed E-state index contributed by atoms with van der Waals surface area (Å²) < 4.78 is 1.28. The normalized spacial score (nSPS) is 23.7. The van der Waals surface area contributed by atoms with Gasteiger partial charge in [-0.25, -0.2) is 9.97 Å². The monoisotopic (exact) mass is 322 g/mol. The maximum atomic E-state index is 4.86. The topological polar surface area (TPSA) is 32.3 Å². The van der Waals surface area contributed by atoms with Crippen molar-refractivity contribution in [2.45, 2.75) is 12.5 Å². The summed E-state index contributed by atoms with van der Waals surface area (Å²) in [7, 11) is 0. The Hall–Kier alpha value is -2.14. The van der Waals surface area contributed by atoms with Gasteiger partial charge in [-0.2, -0.15) is 0 Å². The summed E-state index contributed by atoms with van der Waals surface area (Å²) in [5, 5.41) is 1.18. The smallest absolute Gasteiger partial charge is 0.186 e. The van der Waals surface area contributed by atoms with Crippen molar-refractivity contribution < 1.29 is 0 Å². The Morgan fingerprint density at radius 3 is 2.83 bits per heavy atom. The van der Waals surface area contributed by atoms with Crippen LogP contribution in [-0.2, 0) is 0 Å². The van der Waals surface area contributed by atoms with E-state index in [-0.39, 0.29) is 0 Å². The summed E-state index contributed by atoms with van der Waals surface area (Å²) in [4.78, 5) is 14.3. The Bertz CT molecular complexity index is 798. The highest BCUT2D eigenvalue weighted by Gasteiger charge is 2.42. The number of aromatic nitrogens is 2. The van der Waals surface area contributed by atoms with Crippen LogP contribution in [-0.4, -0.2) is 35.6 Å². The molecular weight excluding hydrogens is 304 g/mol. The predicted molar refractivity (Wildman–Crippen MR) is 95.3 cm³/mol. The summed E-state index contributed by atoms with van der Waals surface area (Å²) >= 11 is 1.82. The number of thiazole rings is 1. The molecule has 2 aliphatic rings. The van der Waals surface area contributed by atoms with Gasteiger partial charge in [-0.05, 0) is 30.7 Å². The minimum atomic E-state index is 0.567. The fourth-order valence-corrected chi connectivity index (χ4v) is 4.96. The number of nitrogens with zero attached hydrogens (tertiary/aromatic N) is 4. The fraction of sp³-hybridized carbons (Fsp3) is 0.333. The van der Waals surface area contributed by atoms with Crippen molar-refractivity contribution in [3.63, 3.8) is 0 Å². The molecule has 5 rings (SSSR count). The molecule has 0 radical (unpaired) electrons. The largest absolute Gasteiger partial charge is 0.354 e. The first-order chi connectivity index (χ1) is 11.4. The lowest BCUT2D eigenvalue weighted by atomic mass is 10.1. The minimum absolute atomic E-state index is 0.567. The van der Waals surface area contributed by atoms with Gasteiger partial charge in [0.05, 0.1) is 16.3 Å². The van der Waals surface area contributed by atoms with Gasteiger partial charge in [0.1, 0.15) is 5.82 Å². The molecule has 2 aromatic heterocycles. The van der Waals surface area contributed by atoms with E-state index in [1.807, 2.05) is 23.6 Å². The molecule has 2 fully saturated rings. The van der Waals surface area contributed by atoms with Gasteiger partial charge in [0.2, 0.25) is 0 Å². The average Bonchev–Trinajstić information content (AvgIpc) is 3.28. The molecule has 0 N–H and O–H groups in total. The van der Waals surface area contributed by atoms with Crippen molar-refractivity contribution in [1.82, 2.24) is 9.97 Å². The van der Waals surface area contributed by atoms with E-state index in [1.54, 1.807) is 0 Å². The Balaban J connectivity index is 1.43. The standard InChI is InChI=1S/C18H18N4S/c1-2-6-16-14(5-1)20-18(23-16)22-10-8-13-11-21(12-15(13)22)17-7-3-4-9-19-17/h1-7,9,13,15H,8,10-12H2. The fourth-order valence-electron chi connectivity index (χ4n) is 3.91. The van der Waals surface area contributed by atoms with Crippen molar-refractivity contribution >= 4 is 32.5 Å². The first-order valence-corrected chi connectivity index (χ1v) is 8.98. The number of hydrogen-bond acceptors (Lipinski definition) is 5. The molecule has 4 heterocycles. The van der Waals surface area contributed by atoms with Gasteiger partial charge in [0.25, 0.3) is 0 Å². The van der Waals surface area contributed by atoms with Gasteiger partial charge in [0, 0.05) is 31.7 Å². The van der Waals surface area contributed by atoms with Crippen molar-refractivity contribution in [1.29, 1.82) is 0 Å². The van der Waals surface area contributed by atoms with Gasteiger partial charge >= 0.3 is 0 Å². The van der Waals surface area contributed by atoms with Crippen LogP contribution < -0.4 is 9.80 Å². The predicted octanol–water partition coefficient (Wildman–Crippen LogP) is 3.41. The quantitative estimate of drug-likeness (QED) is 0.724. The molecule has 0 bridgehead atoms. The number of benzene rings is 1. The third-order valence-electron chi connectivity index (χ3n) is 5.05. The zero-order chi connectivity index (χ0) is 15.2. The molecule has 0 saturated carbocycles. The van der Waals surface area contributed by atoms with E-state index in [1.165, 1.54) is 16.3 Å². The Labute approximate surface area is 139 Å². The van der Waals surface area contributed by atoms with Crippen LogP contribution in [0.1, 0.15) is 6.42 Å². The van der Waals surface area contributed by atoms with Crippen LogP contribution in [0.3, 0.4) is 0 Å². The molecule has 2 atom stereocenters. The lowest BCUT2D eigenvalue weighted by Gasteiger charge is -2.24. The summed E-state index contributed by atoms with van der Waals surface area (Å²) in [6.07, 6.45) is 3.14. The Morgan fingerprint density at radius 1 is 1.04 bits per heavy atom. The van der Waals surface area contributed by atoms with Gasteiger partial charge in [0.15, 0.2) is 5.13 Å². The van der Waals surface area contributed by atoms with E-state index in [4.69, 9.17) is 4.98 Å². The van der Waals surface area contributed by atoms with Gasteiger partial charge < -0.3 is 9.80 Å². The highest BCUT2D eigenvalue weighted by molar-refractivity contribution is 7.22. The molecule has 3 aromatic rings. The summed E-state index contributed by atoms with van der Waals surface area (Å²) in [6, 6.07) is 15.2. The summed E-state index contributed by atoms with van der Waals surface area (Å²) in [5.74, 6) is 1.83. The molecule has 4 nitrogen and oxygen atoms in total. The second kappa shape index (κ2) is 5.20. The third-order valence-corrected chi connectivity index (χ3v) is 6.12. The zero-order valence-electron chi connectivity index (χ0n) is 12.8. The van der Waals surface area contributed by atoms with Crippen LogP contribution in [0.25, 0.3) is 10.2 Å². The second-order valence-corrected chi connectivity index (χ2v) is 7.38. The van der Waals surface area contributed by atoms with Gasteiger partial charge in [-0.15, -0.1) is 0 Å². The molecule has 1 aromatic carbocycles. The molecule has 5 heteroatoms. The molecule has 116 valence electrons. The molecule has 2 aliphatic heterocycles. The SMILES string of the molecule is c1ccc(N2CC3CCN(c4nc5ccccc5s4)C3C2)nc1. The van der Waals surface area contributed by atoms with Crippen molar-refractivity contribution in [2.24, 2.45) is 5.92 Å². The Kier molecular flexibility index (Phi) is 3.01. The molecule has 2 saturated heterocycles. The average molecular weight is 322 g/mol. The third kappa shape index (κ3) is 2.18. The van der Waals surface area contributed by atoms with E-state index < -0.39 is 0 Å². The molecule has 23 heavy (non-hydrogen) atoms. The van der Waals surface area contributed by atoms with Gasteiger partial charge in [-0.3, -0.25) is 0 Å². The lowest BCUT2D eigenvalue weighted by molar-refractivity contribution is 0.581. The van der Waals surface area contributed by atoms with E-state index in [9.17, 15) is 0 Å². The van der Waals surface area contributed by atoms with E-state index >= 15 is 0 Å². The van der Waals surface area contributed by atoms with Crippen LogP contribution >= 0.6 is 11.3 Å². The van der Waals surface area contributed by atoms with Crippen LogP contribution in [0.2, 0.25) is 0 Å². The van der Waals surface area contributed by atoms with Gasteiger partial charge in [-0.1, -0.05) is 29.5 Å². The number of rotatable bonds is 2. The van der Waals surface area contributed by atoms with Crippen LogP contribution in [0.4, 0.5) is 10.9 Å². The number of para-hydroxylation sites is 1. The molecule has 0 aliphatic carbocycles. The maximum Gasteiger partial charge on any atom is 0.186 e. The highest BCUT2D eigenvalue weighted by atomic mass is 32.1. The van der Waals surface area contributed by atoms with Crippen LogP contribution in [0, 0.1) is 5.92 Å². The summed E-state index contributed by atoms with van der Waals surface area (Å²) in [6.45, 7) is 3.30. The molecule has 2 unspecified atom stereocenters. The number of fused-ring (bicyclic) bond motifs is 2. The molecule has 0 amide bonds.